The molecule has 2 N–H and O–H groups in total. The Morgan fingerprint density at radius 2 is 1.81 bits per heavy atom. The largest absolute Gasteiger partial charge is 0.350 e. The van der Waals surface area contributed by atoms with E-state index in [0.29, 0.717) is 6.07 Å². The Bertz CT molecular complexity index is 1270. The van der Waals surface area contributed by atoms with Crippen molar-refractivity contribution in [2.24, 2.45) is 5.41 Å². The molecule has 2 aromatic carbocycles. The van der Waals surface area contributed by atoms with Gasteiger partial charge in [0.2, 0.25) is 0 Å². The Labute approximate surface area is 210 Å². The van der Waals surface area contributed by atoms with Crippen molar-refractivity contribution in [2.75, 3.05) is 13.2 Å². The van der Waals surface area contributed by atoms with Crippen molar-refractivity contribution >= 4 is 16.1 Å². The number of urea groups is 1. The van der Waals surface area contributed by atoms with Crippen LogP contribution in [-0.2, 0) is 16.4 Å². The van der Waals surface area contributed by atoms with E-state index in [1.807, 2.05) is 4.72 Å². The number of nitrogens with zero attached hydrogens (tertiary/aromatic N) is 1. The Balaban J connectivity index is 1.60. The zero-order valence-electron chi connectivity index (χ0n) is 19.7. The molecule has 1 aliphatic carbocycles. The molecule has 4 rings (SSSR count). The van der Waals surface area contributed by atoms with Crippen LogP contribution in [0.15, 0.2) is 36.4 Å². The molecule has 1 aliphatic heterocycles. The van der Waals surface area contributed by atoms with Crippen molar-refractivity contribution in [1.82, 2.24) is 14.9 Å². The molecule has 3 unspecified atom stereocenters. The van der Waals surface area contributed by atoms with E-state index >= 15 is 4.39 Å². The molecule has 2 aromatic rings. The standard InChI is InChI=1S/C24H25F6N3O3S/c1-13(11-25)31-23(34)33-12-24(10-20(24)32-37(35,36)22(29)30)9-18(33)7-14-3-2-4-19(21(14)28)15-5-16(26)8-17(27)6-15/h2-6,8,13,18,20,22,32H,7,9-12H2,1H3,(H,31,34)/t13-,18?,20?,24?/m1/s1. The van der Waals surface area contributed by atoms with Crippen LogP contribution in [-0.4, -0.2) is 56.5 Å². The first kappa shape index (κ1) is 27.2. The molecular weight excluding hydrogens is 524 g/mol. The summed E-state index contributed by atoms with van der Waals surface area (Å²) in [5.74, 6) is -6.13. The number of hydrogen-bond acceptors (Lipinski definition) is 3. The van der Waals surface area contributed by atoms with Gasteiger partial charge in [-0.25, -0.2) is 35.5 Å². The lowest BCUT2D eigenvalue weighted by molar-refractivity contribution is 0.185. The average molecular weight is 550 g/mol. The van der Waals surface area contributed by atoms with Crippen LogP contribution in [0.25, 0.3) is 11.1 Å². The summed E-state index contributed by atoms with van der Waals surface area (Å²) < 4.78 is 107. The fraction of sp³-hybridized carbons (Fsp3) is 0.458. The number of sulfonamides is 1. The molecular formula is C24H25F6N3O3S. The molecule has 0 radical (unpaired) electrons. The van der Waals surface area contributed by atoms with Gasteiger partial charge in [0.1, 0.15) is 24.1 Å². The van der Waals surface area contributed by atoms with E-state index < -0.39 is 69.5 Å². The number of benzene rings is 2. The smallest absolute Gasteiger partial charge is 0.333 e. The third-order valence-corrected chi connectivity index (χ3v) is 7.95. The predicted octanol–water partition coefficient (Wildman–Crippen LogP) is 4.36. The van der Waals surface area contributed by atoms with Gasteiger partial charge in [0.05, 0.1) is 6.04 Å². The minimum Gasteiger partial charge on any atom is -0.333 e. The zero-order chi connectivity index (χ0) is 27.1. The highest BCUT2D eigenvalue weighted by Gasteiger charge is 2.62. The van der Waals surface area contributed by atoms with Gasteiger partial charge >= 0.3 is 11.8 Å². The number of nitrogens with one attached hydrogen (secondary N) is 2. The Hall–Kier alpha value is -2.80. The second kappa shape index (κ2) is 10.2. The monoisotopic (exact) mass is 549 g/mol. The summed E-state index contributed by atoms with van der Waals surface area (Å²) in [6.07, 6.45) is 0.326. The molecule has 1 saturated heterocycles. The predicted molar refractivity (Wildman–Crippen MR) is 123 cm³/mol. The van der Waals surface area contributed by atoms with Crippen molar-refractivity contribution in [1.29, 1.82) is 0 Å². The quantitative estimate of drug-likeness (QED) is 0.481. The van der Waals surface area contributed by atoms with Crippen molar-refractivity contribution in [3.63, 3.8) is 0 Å². The highest BCUT2D eigenvalue weighted by Crippen LogP contribution is 2.56. The topological polar surface area (TPSA) is 78.5 Å². The molecule has 4 atom stereocenters. The third-order valence-electron chi connectivity index (χ3n) is 6.87. The van der Waals surface area contributed by atoms with E-state index in [0.717, 1.165) is 12.1 Å². The van der Waals surface area contributed by atoms with E-state index in [9.17, 15) is 35.2 Å². The van der Waals surface area contributed by atoms with E-state index in [1.165, 1.54) is 30.0 Å². The van der Waals surface area contributed by atoms with Gasteiger partial charge in [-0.1, -0.05) is 18.2 Å². The lowest BCUT2D eigenvalue weighted by Gasteiger charge is -2.26. The first-order chi connectivity index (χ1) is 17.3. The molecule has 13 heteroatoms. The SMILES string of the molecule is C[C@H](CF)NC(=O)N1CC2(CC1Cc1cccc(-c3cc(F)cc(F)c3)c1F)CC2NS(=O)(=O)C(F)F. The van der Waals surface area contributed by atoms with E-state index in [1.54, 1.807) is 0 Å². The van der Waals surface area contributed by atoms with E-state index in [2.05, 4.69) is 5.32 Å². The summed E-state index contributed by atoms with van der Waals surface area (Å²) in [5, 5.41) is 2.47. The van der Waals surface area contributed by atoms with Crippen LogP contribution < -0.4 is 10.0 Å². The fourth-order valence-corrected chi connectivity index (χ4v) is 5.79. The summed E-state index contributed by atoms with van der Waals surface area (Å²) >= 11 is 0. The molecule has 0 bridgehead atoms. The van der Waals surface area contributed by atoms with Gasteiger partial charge in [0.25, 0.3) is 10.0 Å². The maximum atomic E-state index is 15.5. The maximum absolute atomic E-state index is 15.5. The van der Waals surface area contributed by atoms with Crippen LogP contribution in [0.5, 0.6) is 0 Å². The van der Waals surface area contributed by atoms with Gasteiger partial charge < -0.3 is 10.2 Å². The number of carbonyl (C=O) groups is 1. The molecule has 2 aliphatic rings. The lowest BCUT2D eigenvalue weighted by atomic mass is 9.94. The van der Waals surface area contributed by atoms with Gasteiger partial charge in [-0.15, -0.1) is 0 Å². The number of rotatable bonds is 8. The first-order valence-electron chi connectivity index (χ1n) is 11.5. The summed E-state index contributed by atoms with van der Waals surface area (Å²) in [6.45, 7) is 0.596. The molecule has 202 valence electrons. The maximum Gasteiger partial charge on any atom is 0.350 e. The lowest BCUT2D eigenvalue weighted by Crippen LogP contribution is -2.47. The van der Waals surface area contributed by atoms with Crippen LogP contribution in [0.2, 0.25) is 0 Å². The molecule has 1 spiro atoms. The second-order valence-corrected chi connectivity index (χ2v) is 11.4. The normalized spacial score (nSPS) is 24.1. The number of hydrogen-bond donors (Lipinski definition) is 2. The highest BCUT2D eigenvalue weighted by molar-refractivity contribution is 7.89. The van der Waals surface area contributed by atoms with Gasteiger partial charge in [-0.05, 0) is 49.4 Å². The summed E-state index contributed by atoms with van der Waals surface area (Å²) in [6, 6.07) is 3.93. The fourth-order valence-electron chi connectivity index (χ4n) is 4.95. The number of carbonyl (C=O) groups excluding carboxylic acids is 1. The van der Waals surface area contributed by atoms with Crippen LogP contribution in [0.3, 0.4) is 0 Å². The van der Waals surface area contributed by atoms with Crippen molar-refractivity contribution in [3.05, 3.63) is 59.4 Å². The van der Waals surface area contributed by atoms with Crippen LogP contribution in [0.1, 0.15) is 25.3 Å². The van der Waals surface area contributed by atoms with Crippen molar-refractivity contribution < 1.29 is 39.6 Å². The Morgan fingerprint density at radius 1 is 1.14 bits per heavy atom. The van der Waals surface area contributed by atoms with E-state index in [-0.39, 0.29) is 42.5 Å². The molecule has 2 amide bonds. The highest BCUT2D eigenvalue weighted by atomic mass is 32.2. The van der Waals surface area contributed by atoms with Crippen molar-refractivity contribution in [3.8, 4) is 11.1 Å². The number of likely N-dealkylation sites (tertiary alicyclic amines) is 1. The number of alkyl halides is 3. The van der Waals surface area contributed by atoms with Gasteiger partial charge in [-0.3, -0.25) is 0 Å². The van der Waals surface area contributed by atoms with Crippen LogP contribution in [0, 0.1) is 22.9 Å². The summed E-state index contributed by atoms with van der Waals surface area (Å²) in [4.78, 5) is 14.2. The Kier molecular flexibility index (Phi) is 7.48. The molecule has 0 aromatic heterocycles. The summed E-state index contributed by atoms with van der Waals surface area (Å²) in [7, 11) is -4.86. The first-order valence-corrected chi connectivity index (χ1v) is 13.1. The molecule has 1 heterocycles. The van der Waals surface area contributed by atoms with E-state index in [4.69, 9.17) is 0 Å². The van der Waals surface area contributed by atoms with Crippen molar-refractivity contribution in [2.45, 2.75) is 50.1 Å². The number of halogens is 6. The van der Waals surface area contributed by atoms with Gasteiger partial charge in [0.15, 0.2) is 0 Å². The molecule has 37 heavy (non-hydrogen) atoms. The van der Waals surface area contributed by atoms with Gasteiger partial charge in [-0.2, -0.15) is 8.78 Å². The number of amides is 2. The van der Waals surface area contributed by atoms with Crippen LogP contribution >= 0.6 is 0 Å². The van der Waals surface area contributed by atoms with Crippen LogP contribution in [0.4, 0.5) is 31.1 Å². The average Bonchev–Trinajstić information content (AvgIpc) is 3.31. The van der Waals surface area contributed by atoms with Gasteiger partial charge in [0, 0.05) is 35.7 Å². The summed E-state index contributed by atoms with van der Waals surface area (Å²) in [5.41, 5.74) is -0.775. The second-order valence-electron chi connectivity index (χ2n) is 9.67. The Morgan fingerprint density at radius 3 is 2.43 bits per heavy atom. The minimum absolute atomic E-state index is 0.00462. The molecule has 6 nitrogen and oxygen atoms in total. The minimum atomic E-state index is -4.86. The zero-order valence-corrected chi connectivity index (χ0v) is 20.5. The third kappa shape index (κ3) is 5.71. The molecule has 2 fully saturated rings. The molecule has 1 saturated carbocycles.